The Kier molecular flexibility index (Phi) is 3.00. The topological polar surface area (TPSA) is 28.0 Å². The first-order chi connectivity index (χ1) is 10.3. The van der Waals surface area contributed by atoms with Crippen molar-refractivity contribution in [3.63, 3.8) is 0 Å². The zero-order valence-corrected chi connectivity index (χ0v) is 12.2. The van der Waals surface area contributed by atoms with Crippen molar-refractivity contribution in [1.29, 1.82) is 0 Å². The minimum absolute atomic E-state index is 0.734. The summed E-state index contributed by atoms with van der Waals surface area (Å²) >= 11 is 5.99. The first-order valence-electron chi connectivity index (χ1n) is 7.09. The Morgan fingerprint density at radius 1 is 1.00 bits per heavy atom. The molecule has 0 radical (unpaired) electrons. The van der Waals surface area contributed by atoms with Crippen LogP contribution in [-0.4, -0.2) is 24.6 Å². The molecule has 0 N–H and O–H groups in total. The van der Waals surface area contributed by atoms with E-state index in [2.05, 4.69) is 17.0 Å². The van der Waals surface area contributed by atoms with Gasteiger partial charge in [0.1, 0.15) is 5.71 Å². The molecule has 0 aliphatic carbocycles. The van der Waals surface area contributed by atoms with E-state index >= 15 is 0 Å². The highest BCUT2D eigenvalue weighted by Gasteiger charge is 2.28. The normalized spacial score (nSPS) is 16.7. The third kappa shape index (κ3) is 2.14. The maximum absolute atomic E-state index is 5.99. The molecule has 2 heterocycles. The minimum atomic E-state index is 0.734. The highest BCUT2D eigenvalue weighted by atomic mass is 35.5. The molecular formula is C17H14ClN3. The van der Waals surface area contributed by atoms with Crippen molar-refractivity contribution < 1.29 is 0 Å². The fourth-order valence-corrected chi connectivity index (χ4v) is 2.93. The summed E-state index contributed by atoms with van der Waals surface area (Å²) in [4.78, 5) is 11.8. The maximum Gasteiger partial charge on any atom is 0.155 e. The molecule has 2 aliphatic heterocycles. The number of fused-ring (bicyclic) bond motifs is 3. The second-order valence-electron chi connectivity index (χ2n) is 5.17. The van der Waals surface area contributed by atoms with E-state index in [1.54, 1.807) is 0 Å². The van der Waals surface area contributed by atoms with Crippen molar-refractivity contribution in [2.75, 3.05) is 18.0 Å². The summed E-state index contributed by atoms with van der Waals surface area (Å²) in [7, 11) is 0. The van der Waals surface area contributed by atoms with Crippen molar-refractivity contribution >= 4 is 34.5 Å². The quantitative estimate of drug-likeness (QED) is 0.779. The number of benzene rings is 2. The number of rotatable bonds is 1. The lowest BCUT2D eigenvalue weighted by Crippen LogP contribution is -2.43. The fourth-order valence-electron chi connectivity index (χ4n) is 2.80. The molecule has 0 spiro atoms. The van der Waals surface area contributed by atoms with Crippen LogP contribution in [0.5, 0.6) is 0 Å². The van der Waals surface area contributed by atoms with E-state index in [1.807, 2.05) is 36.4 Å². The molecule has 104 valence electrons. The Morgan fingerprint density at radius 3 is 2.67 bits per heavy atom. The lowest BCUT2D eigenvalue weighted by molar-refractivity contribution is 0.793. The van der Waals surface area contributed by atoms with E-state index in [1.165, 1.54) is 0 Å². The summed E-state index contributed by atoms with van der Waals surface area (Å²) in [6.07, 6.45) is 1.08. The van der Waals surface area contributed by atoms with Gasteiger partial charge in [0.25, 0.3) is 0 Å². The number of nitrogens with zero attached hydrogens (tertiary/aromatic N) is 3. The number of hydrogen-bond donors (Lipinski definition) is 0. The molecule has 2 aromatic rings. The molecular weight excluding hydrogens is 282 g/mol. The van der Waals surface area contributed by atoms with Crippen molar-refractivity contribution in [1.82, 2.24) is 0 Å². The van der Waals surface area contributed by atoms with E-state index in [9.17, 15) is 0 Å². The molecule has 0 saturated heterocycles. The fraction of sp³-hybridized carbons (Fsp3) is 0.176. The van der Waals surface area contributed by atoms with Gasteiger partial charge in [0.05, 0.1) is 11.4 Å². The third-order valence-corrected chi connectivity index (χ3v) is 4.04. The van der Waals surface area contributed by atoms with Crippen molar-refractivity contribution in [2.45, 2.75) is 6.42 Å². The van der Waals surface area contributed by atoms with Crippen molar-refractivity contribution in [2.24, 2.45) is 9.98 Å². The summed E-state index contributed by atoms with van der Waals surface area (Å²) in [5.74, 6) is 0.974. The third-order valence-electron chi connectivity index (χ3n) is 3.79. The van der Waals surface area contributed by atoms with Gasteiger partial charge in [-0.25, -0.2) is 4.99 Å². The van der Waals surface area contributed by atoms with Crippen LogP contribution in [0.1, 0.15) is 12.0 Å². The van der Waals surface area contributed by atoms with E-state index < -0.39 is 0 Å². The first kappa shape index (κ1) is 12.6. The molecule has 0 bridgehead atoms. The van der Waals surface area contributed by atoms with Crippen molar-refractivity contribution in [3.05, 3.63) is 59.1 Å². The second-order valence-corrected chi connectivity index (χ2v) is 5.60. The van der Waals surface area contributed by atoms with Gasteiger partial charge in [0, 0.05) is 23.7 Å². The highest BCUT2D eigenvalue weighted by Crippen LogP contribution is 2.35. The summed E-state index contributed by atoms with van der Waals surface area (Å²) in [6, 6.07) is 16.0. The van der Waals surface area contributed by atoms with E-state index in [-0.39, 0.29) is 0 Å². The standard InChI is InChI=1S/C17H14ClN3/c18-13-8-6-12(7-9-13)16-17-19-10-3-11-21(17)15-5-2-1-4-14(15)20-16/h1-2,4-9H,3,10-11H2. The zero-order valence-electron chi connectivity index (χ0n) is 11.5. The molecule has 4 rings (SSSR count). The molecule has 4 heteroatoms. The largest absolute Gasteiger partial charge is 0.323 e. The Bertz CT molecular complexity index is 747. The van der Waals surface area contributed by atoms with Gasteiger partial charge in [-0.1, -0.05) is 35.9 Å². The maximum atomic E-state index is 5.99. The predicted molar refractivity (Wildman–Crippen MR) is 88.4 cm³/mol. The SMILES string of the molecule is Clc1ccc(C2=Nc3ccccc3N3CCCN=C23)cc1. The Balaban J connectivity index is 1.91. The van der Waals surface area contributed by atoms with Crippen LogP contribution < -0.4 is 4.90 Å². The second kappa shape index (κ2) is 5.01. The Morgan fingerprint density at radius 2 is 1.81 bits per heavy atom. The lowest BCUT2D eigenvalue weighted by Gasteiger charge is -2.34. The molecule has 0 fully saturated rings. The Hall–Kier alpha value is -2.13. The van der Waals surface area contributed by atoms with Gasteiger partial charge in [-0.3, -0.25) is 4.99 Å². The molecule has 21 heavy (non-hydrogen) atoms. The van der Waals surface area contributed by atoms with Gasteiger partial charge in [-0.05, 0) is 30.7 Å². The lowest BCUT2D eigenvalue weighted by atomic mass is 10.0. The minimum Gasteiger partial charge on any atom is -0.323 e. The van der Waals surface area contributed by atoms with Gasteiger partial charge >= 0.3 is 0 Å². The summed E-state index contributed by atoms with van der Waals surface area (Å²) < 4.78 is 0. The monoisotopic (exact) mass is 295 g/mol. The molecule has 0 atom stereocenters. The van der Waals surface area contributed by atoms with Gasteiger partial charge < -0.3 is 4.90 Å². The van der Waals surface area contributed by atoms with E-state index in [0.29, 0.717) is 0 Å². The van der Waals surface area contributed by atoms with Gasteiger partial charge in [0.2, 0.25) is 0 Å². The zero-order chi connectivity index (χ0) is 14.2. The number of para-hydroxylation sites is 2. The van der Waals surface area contributed by atoms with Crippen LogP contribution in [0.15, 0.2) is 58.5 Å². The van der Waals surface area contributed by atoms with E-state index in [0.717, 1.165) is 53.0 Å². The predicted octanol–water partition coefficient (Wildman–Crippen LogP) is 4.08. The highest BCUT2D eigenvalue weighted by molar-refractivity contribution is 6.53. The van der Waals surface area contributed by atoms with Gasteiger partial charge in [0.15, 0.2) is 5.84 Å². The van der Waals surface area contributed by atoms with E-state index in [4.69, 9.17) is 21.6 Å². The molecule has 2 aliphatic rings. The summed E-state index contributed by atoms with van der Waals surface area (Å²) in [5.41, 5.74) is 4.14. The van der Waals surface area contributed by atoms with Crippen LogP contribution in [0.25, 0.3) is 0 Å². The summed E-state index contributed by atoms with van der Waals surface area (Å²) in [6.45, 7) is 1.85. The van der Waals surface area contributed by atoms with Crippen LogP contribution in [0.3, 0.4) is 0 Å². The Labute approximate surface area is 128 Å². The molecule has 0 amide bonds. The number of hydrogen-bond acceptors (Lipinski definition) is 3. The average molecular weight is 296 g/mol. The van der Waals surface area contributed by atoms with Crippen LogP contribution in [0.4, 0.5) is 11.4 Å². The summed E-state index contributed by atoms with van der Waals surface area (Å²) in [5, 5.41) is 0.734. The number of amidine groups is 1. The molecule has 0 saturated carbocycles. The van der Waals surface area contributed by atoms with Crippen LogP contribution in [0.2, 0.25) is 5.02 Å². The average Bonchev–Trinajstić information content (AvgIpc) is 2.55. The van der Waals surface area contributed by atoms with Gasteiger partial charge in [-0.15, -0.1) is 0 Å². The number of anilines is 1. The van der Waals surface area contributed by atoms with Gasteiger partial charge in [-0.2, -0.15) is 0 Å². The molecule has 0 unspecified atom stereocenters. The number of aliphatic imine (C=N–C) groups is 2. The molecule has 3 nitrogen and oxygen atoms in total. The van der Waals surface area contributed by atoms with Crippen LogP contribution in [-0.2, 0) is 0 Å². The first-order valence-corrected chi connectivity index (χ1v) is 7.47. The molecule has 2 aromatic carbocycles. The van der Waals surface area contributed by atoms with Crippen LogP contribution in [0, 0.1) is 0 Å². The van der Waals surface area contributed by atoms with Crippen LogP contribution >= 0.6 is 11.6 Å². The number of halogens is 1. The molecule has 0 aromatic heterocycles. The van der Waals surface area contributed by atoms with Crippen molar-refractivity contribution in [3.8, 4) is 0 Å². The smallest absolute Gasteiger partial charge is 0.155 e.